The molecule has 4 aromatic rings. The lowest BCUT2D eigenvalue weighted by Crippen LogP contribution is -1.98. The fourth-order valence-corrected chi connectivity index (χ4v) is 4.28. The molecular weight excluding hydrogens is 474 g/mol. The van der Waals surface area contributed by atoms with Crippen molar-refractivity contribution < 1.29 is 4.74 Å². The molecule has 1 heterocycles. The highest BCUT2D eigenvalue weighted by molar-refractivity contribution is 7.99. The van der Waals surface area contributed by atoms with Crippen molar-refractivity contribution in [1.82, 2.24) is 10.2 Å². The first-order valence-corrected chi connectivity index (χ1v) is 13.9. The summed E-state index contributed by atoms with van der Waals surface area (Å²) < 4.78 is 5.79. The molecule has 198 valence electrons. The van der Waals surface area contributed by atoms with Crippen molar-refractivity contribution in [2.45, 2.75) is 63.7 Å². The van der Waals surface area contributed by atoms with Gasteiger partial charge >= 0.3 is 0 Å². The maximum absolute atomic E-state index is 5.79. The van der Waals surface area contributed by atoms with E-state index in [9.17, 15) is 0 Å². The number of benzene rings is 3. The predicted octanol–water partition coefficient (Wildman–Crippen LogP) is 9.43. The van der Waals surface area contributed by atoms with E-state index in [1.807, 2.05) is 45.0 Å². The van der Waals surface area contributed by atoms with Crippen LogP contribution in [-0.2, 0) is 6.42 Å². The number of hydrogen-bond donors (Lipinski definition) is 3. The van der Waals surface area contributed by atoms with Crippen molar-refractivity contribution >= 4 is 28.5 Å². The van der Waals surface area contributed by atoms with Crippen LogP contribution in [0.15, 0.2) is 101 Å². The van der Waals surface area contributed by atoms with Gasteiger partial charge in [0.25, 0.3) is 0 Å². The number of hydrogen-bond acceptors (Lipinski definition) is 3. The van der Waals surface area contributed by atoms with Gasteiger partial charge in [0.05, 0.1) is 17.6 Å². The molecule has 37 heavy (non-hydrogen) atoms. The molecule has 0 saturated heterocycles. The number of aromatic amines is 2. The minimum atomic E-state index is 0.697. The molecule has 0 saturated carbocycles. The van der Waals surface area contributed by atoms with Crippen molar-refractivity contribution in [3.63, 3.8) is 0 Å². The minimum absolute atomic E-state index is 0.697. The Bertz CT molecular complexity index is 1220. The van der Waals surface area contributed by atoms with Crippen LogP contribution in [0.1, 0.15) is 53.0 Å². The molecule has 0 atom stereocenters. The van der Waals surface area contributed by atoms with E-state index in [2.05, 4.69) is 79.7 Å². The third kappa shape index (κ3) is 10.7. The van der Waals surface area contributed by atoms with Gasteiger partial charge in [0.2, 0.25) is 0 Å². The largest absolute Gasteiger partial charge is 0.494 e. The Morgan fingerprint density at radius 1 is 0.892 bits per heavy atom. The summed E-state index contributed by atoms with van der Waals surface area (Å²) in [5, 5.41) is 6.11. The van der Waals surface area contributed by atoms with E-state index < -0.39 is 0 Å². The molecule has 0 unspecified atom stereocenters. The van der Waals surface area contributed by atoms with Gasteiger partial charge in [-0.1, -0.05) is 75.9 Å². The van der Waals surface area contributed by atoms with Crippen LogP contribution in [-0.4, -0.2) is 16.8 Å². The van der Waals surface area contributed by atoms with Gasteiger partial charge in [0, 0.05) is 15.5 Å². The van der Waals surface area contributed by atoms with Gasteiger partial charge in [-0.2, -0.15) is 0 Å². The monoisotopic (exact) mass is 517 g/mol. The molecule has 4 rings (SSSR count). The van der Waals surface area contributed by atoms with E-state index in [4.69, 9.17) is 10.5 Å². The van der Waals surface area contributed by atoms with Gasteiger partial charge < -0.3 is 10.5 Å². The SMILES string of the molecule is C=C(C)C(=C)CCCOc1ccc(Sc2ccc3[nH][nH]c3c2)cc1.CC.CC(C)Cc1ccc(N)cc1. The molecule has 0 amide bonds. The van der Waals surface area contributed by atoms with Crippen LogP contribution in [0.4, 0.5) is 5.69 Å². The van der Waals surface area contributed by atoms with Crippen molar-refractivity contribution in [3.05, 3.63) is 96.6 Å². The molecular formula is C32H43N3OS. The van der Waals surface area contributed by atoms with Crippen LogP contribution < -0.4 is 10.5 Å². The molecule has 1 aromatic heterocycles. The van der Waals surface area contributed by atoms with Crippen LogP contribution in [0.5, 0.6) is 5.75 Å². The zero-order valence-corrected chi connectivity index (χ0v) is 23.9. The second-order valence-electron chi connectivity index (χ2n) is 9.21. The predicted molar refractivity (Wildman–Crippen MR) is 163 cm³/mol. The normalized spacial score (nSPS) is 10.3. The first-order chi connectivity index (χ1) is 17.8. The zero-order chi connectivity index (χ0) is 27.2. The third-order valence-corrected chi connectivity index (χ3v) is 6.50. The van der Waals surface area contributed by atoms with Gasteiger partial charge in [0.15, 0.2) is 0 Å². The van der Waals surface area contributed by atoms with Gasteiger partial charge in [-0.15, -0.1) is 0 Å². The average Bonchev–Trinajstić information content (AvgIpc) is 2.87. The molecule has 0 fully saturated rings. The molecule has 0 aliphatic carbocycles. The topological polar surface area (TPSA) is 66.8 Å². The van der Waals surface area contributed by atoms with Gasteiger partial charge in [-0.3, -0.25) is 10.2 Å². The lowest BCUT2D eigenvalue weighted by Gasteiger charge is -2.09. The molecule has 4 N–H and O–H groups in total. The Morgan fingerprint density at radius 3 is 2.05 bits per heavy atom. The molecule has 5 heteroatoms. The smallest absolute Gasteiger partial charge is 0.119 e. The summed E-state index contributed by atoms with van der Waals surface area (Å²) in [5.41, 5.74) is 12.2. The Labute approximate surface area is 227 Å². The first kappa shape index (κ1) is 29.9. The number of H-pyrrole nitrogens is 2. The lowest BCUT2D eigenvalue weighted by atomic mass is 10.0. The van der Waals surface area contributed by atoms with E-state index in [1.54, 1.807) is 11.8 Å². The van der Waals surface area contributed by atoms with E-state index >= 15 is 0 Å². The summed E-state index contributed by atoms with van der Waals surface area (Å²) in [7, 11) is 0. The number of nitrogens with two attached hydrogens (primary N) is 1. The van der Waals surface area contributed by atoms with Crippen molar-refractivity contribution in [1.29, 1.82) is 0 Å². The van der Waals surface area contributed by atoms with E-state index in [0.717, 1.165) is 58.8 Å². The number of allylic oxidation sites excluding steroid dienone is 2. The number of fused-ring (bicyclic) bond motifs is 1. The van der Waals surface area contributed by atoms with Crippen LogP contribution in [0.3, 0.4) is 0 Å². The Kier molecular flexibility index (Phi) is 12.7. The maximum Gasteiger partial charge on any atom is 0.119 e. The number of nitrogens with one attached hydrogen (secondary N) is 2. The van der Waals surface area contributed by atoms with Crippen molar-refractivity contribution in [2.75, 3.05) is 12.3 Å². The summed E-state index contributed by atoms with van der Waals surface area (Å²) in [6.07, 6.45) is 3.03. The van der Waals surface area contributed by atoms with E-state index in [1.165, 1.54) is 15.4 Å². The quantitative estimate of drug-likeness (QED) is 0.111. The minimum Gasteiger partial charge on any atom is -0.494 e. The Morgan fingerprint density at radius 2 is 1.51 bits per heavy atom. The molecule has 4 nitrogen and oxygen atoms in total. The zero-order valence-electron chi connectivity index (χ0n) is 23.1. The highest BCUT2D eigenvalue weighted by atomic mass is 32.2. The van der Waals surface area contributed by atoms with Gasteiger partial charge in [0.1, 0.15) is 5.75 Å². The number of ether oxygens (including phenoxy) is 1. The van der Waals surface area contributed by atoms with Crippen LogP contribution in [0.25, 0.3) is 11.0 Å². The lowest BCUT2D eigenvalue weighted by molar-refractivity contribution is 0.311. The molecule has 0 spiro atoms. The summed E-state index contributed by atoms with van der Waals surface area (Å²) in [6.45, 7) is 19.0. The third-order valence-electron chi connectivity index (χ3n) is 5.50. The van der Waals surface area contributed by atoms with Crippen molar-refractivity contribution in [3.8, 4) is 5.75 Å². The fourth-order valence-electron chi connectivity index (χ4n) is 3.43. The Hall–Kier alpha value is -3.31. The first-order valence-electron chi connectivity index (χ1n) is 13.0. The summed E-state index contributed by atoms with van der Waals surface area (Å²) in [6, 6.07) is 22.7. The second-order valence-corrected chi connectivity index (χ2v) is 10.4. The van der Waals surface area contributed by atoms with Crippen molar-refractivity contribution in [2.24, 2.45) is 5.92 Å². The van der Waals surface area contributed by atoms with Gasteiger partial charge in [-0.25, -0.2) is 0 Å². The number of rotatable bonds is 10. The Balaban J connectivity index is 0.000000311. The van der Waals surface area contributed by atoms with Crippen LogP contribution in [0.2, 0.25) is 0 Å². The van der Waals surface area contributed by atoms with Gasteiger partial charge in [-0.05, 0) is 92.3 Å². The molecule has 3 aromatic carbocycles. The maximum atomic E-state index is 5.79. The summed E-state index contributed by atoms with van der Waals surface area (Å²) in [4.78, 5) is 2.42. The molecule has 0 aliphatic rings. The fraction of sp³-hybridized carbons (Fsp3) is 0.312. The average molecular weight is 518 g/mol. The number of aromatic nitrogens is 2. The second kappa shape index (κ2) is 15.7. The summed E-state index contributed by atoms with van der Waals surface area (Å²) in [5.74, 6) is 1.63. The molecule has 0 bridgehead atoms. The highest BCUT2D eigenvalue weighted by Crippen LogP contribution is 2.30. The van der Waals surface area contributed by atoms with E-state index in [-0.39, 0.29) is 0 Å². The molecule has 0 aliphatic heterocycles. The number of anilines is 1. The standard InChI is InChI=1S/C20H22N2OS.C10H15N.C2H6/c1-14(2)15(3)5-4-12-23-16-6-8-17(9-7-16)24-18-10-11-19-20(13-18)22-21-19;1-8(2)7-9-3-5-10(11)6-4-9;1-2/h6-11,13,21-22H,1,3-5,12H2,2H3;3-6,8H,7,11H2,1-2H3;1-2H3. The summed E-state index contributed by atoms with van der Waals surface area (Å²) >= 11 is 1.74. The number of nitrogen functional groups attached to an aromatic ring is 1. The van der Waals surface area contributed by atoms with Crippen LogP contribution >= 0.6 is 11.8 Å². The van der Waals surface area contributed by atoms with Crippen LogP contribution in [0, 0.1) is 5.92 Å². The highest BCUT2D eigenvalue weighted by Gasteiger charge is 2.03. The molecule has 0 radical (unpaired) electrons. The van der Waals surface area contributed by atoms with E-state index in [0.29, 0.717) is 6.61 Å².